The van der Waals surface area contributed by atoms with Gasteiger partial charge >= 0.3 is 0 Å². The molecule has 1 aliphatic carbocycles. The third-order valence-electron chi connectivity index (χ3n) is 4.14. The standard InChI is InChI=1S/C20H23N3O3S/c1-4-15-7-5-6-8-16(11-15)19-13-21-20(26-19)22-17-10-9-14(2)18(12-17)23-27(3,24)25/h6-13,23H,4-5H2,1-3H3,(H,21,22). The Morgan fingerprint density at radius 1 is 1.30 bits per heavy atom. The van der Waals surface area contributed by atoms with Crippen molar-refractivity contribution in [3.8, 4) is 0 Å². The number of oxazole rings is 1. The zero-order valence-electron chi connectivity index (χ0n) is 15.6. The van der Waals surface area contributed by atoms with Gasteiger partial charge in [0.25, 0.3) is 6.01 Å². The van der Waals surface area contributed by atoms with E-state index >= 15 is 0 Å². The highest BCUT2D eigenvalue weighted by atomic mass is 32.2. The van der Waals surface area contributed by atoms with Gasteiger partial charge in [-0.2, -0.15) is 0 Å². The van der Waals surface area contributed by atoms with E-state index in [1.165, 1.54) is 5.57 Å². The summed E-state index contributed by atoms with van der Waals surface area (Å²) in [6, 6.07) is 5.73. The molecular formula is C20H23N3O3S. The van der Waals surface area contributed by atoms with Crippen molar-refractivity contribution >= 4 is 33.0 Å². The van der Waals surface area contributed by atoms with Crippen LogP contribution in [0.2, 0.25) is 0 Å². The molecule has 7 heteroatoms. The predicted octanol–water partition coefficient (Wildman–Crippen LogP) is 4.78. The summed E-state index contributed by atoms with van der Waals surface area (Å²) >= 11 is 0. The second-order valence-electron chi connectivity index (χ2n) is 6.43. The molecule has 3 rings (SSSR count). The third-order valence-corrected chi connectivity index (χ3v) is 4.73. The van der Waals surface area contributed by atoms with E-state index in [1.807, 2.05) is 25.1 Å². The monoisotopic (exact) mass is 385 g/mol. The van der Waals surface area contributed by atoms with Crippen LogP contribution in [0.5, 0.6) is 0 Å². The number of hydrogen-bond acceptors (Lipinski definition) is 5. The van der Waals surface area contributed by atoms with Gasteiger partial charge in [0.15, 0.2) is 5.76 Å². The van der Waals surface area contributed by atoms with Crippen LogP contribution in [0.25, 0.3) is 5.57 Å². The van der Waals surface area contributed by atoms with E-state index in [9.17, 15) is 8.42 Å². The Balaban J connectivity index is 1.81. The van der Waals surface area contributed by atoms with Crippen molar-refractivity contribution in [1.82, 2.24) is 4.98 Å². The second kappa shape index (κ2) is 7.84. The first-order valence-corrected chi connectivity index (χ1v) is 10.6. The molecule has 1 aromatic heterocycles. The molecule has 1 aromatic carbocycles. The summed E-state index contributed by atoms with van der Waals surface area (Å²) in [6.07, 6.45) is 13.1. The van der Waals surface area contributed by atoms with Gasteiger partial charge in [-0.05, 0) is 43.5 Å². The Hall–Kier alpha value is -2.80. The molecule has 0 bridgehead atoms. The Bertz CT molecular complexity index is 1030. The van der Waals surface area contributed by atoms with Gasteiger partial charge in [0, 0.05) is 11.3 Å². The van der Waals surface area contributed by atoms with Crippen molar-refractivity contribution in [2.45, 2.75) is 26.7 Å². The van der Waals surface area contributed by atoms with E-state index in [1.54, 1.807) is 12.3 Å². The van der Waals surface area contributed by atoms with Gasteiger partial charge in [-0.1, -0.05) is 36.8 Å². The van der Waals surface area contributed by atoms with Crippen molar-refractivity contribution in [2.24, 2.45) is 0 Å². The Labute approximate surface area is 159 Å². The maximum Gasteiger partial charge on any atom is 0.299 e. The molecule has 1 heterocycles. The molecule has 27 heavy (non-hydrogen) atoms. The molecule has 0 radical (unpaired) electrons. The van der Waals surface area contributed by atoms with Gasteiger partial charge in [0.2, 0.25) is 10.0 Å². The smallest absolute Gasteiger partial charge is 0.299 e. The lowest BCUT2D eigenvalue weighted by Gasteiger charge is -2.10. The van der Waals surface area contributed by atoms with Crippen LogP contribution in [-0.4, -0.2) is 19.7 Å². The number of rotatable bonds is 6. The lowest BCUT2D eigenvalue weighted by molar-refractivity contribution is 0.565. The molecule has 0 saturated heterocycles. The minimum absolute atomic E-state index is 0.347. The summed E-state index contributed by atoms with van der Waals surface area (Å²) in [6.45, 7) is 3.96. The summed E-state index contributed by atoms with van der Waals surface area (Å²) in [5.74, 6) is 0.677. The molecule has 2 aromatic rings. The maximum absolute atomic E-state index is 11.5. The minimum Gasteiger partial charge on any atom is -0.423 e. The summed E-state index contributed by atoms with van der Waals surface area (Å²) in [7, 11) is -3.35. The van der Waals surface area contributed by atoms with Crippen LogP contribution in [0, 0.1) is 6.92 Å². The lowest BCUT2D eigenvalue weighted by Crippen LogP contribution is -2.10. The van der Waals surface area contributed by atoms with Gasteiger partial charge in [-0.15, -0.1) is 0 Å². The predicted molar refractivity (Wildman–Crippen MR) is 110 cm³/mol. The number of nitrogens with one attached hydrogen (secondary N) is 2. The molecule has 0 unspecified atom stereocenters. The molecule has 0 atom stereocenters. The van der Waals surface area contributed by atoms with Crippen LogP contribution in [0.4, 0.5) is 17.4 Å². The normalized spacial score (nSPS) is 14.3. The molecule has 0 amide bonds. The van der Waals surface area contributed by atoms with E-state index in [0.29, 0.717) is 23.1 Å². The highest BCUT2D eigenvalue weighted by Crippen LogP contribution is 2.27. The van der Waals surface area contributed by atoms with Crippen LogP contribution in [0.3, 0.4) is 0 Å². The fourth-order valence-corrected chi connectivity index (χ4v) is 3.34. The van der Waals surface area contributed by atoms with Crippen molar-refractivity contribution in [2.75, 3.05) is 16.3 Å². The molecule has 0 fully saturated rings. The lowest BCUT2D eigenvalue weighted by atomic mass is 10.1. The van der Waals surface area contributed by atoms with Crippen molar-refractivity contribution in [3.05, 3.63) is 65.6 Å². The molecule has 0 spiro atoms. The van der Waals surface area contributed by atoms with Crippen molar-refractivity contribution in [1.29, 1.82) is 0 Å². The first-order chi connectivity index (χ1) is 12.8. The van der Waals surface area contributed by atoms with Gasteiger partial charge in [0.05, 0.1) is 18.1 Å². The number of anilines is 3. The van der Waals surface area contributed by atoms with E-state index in [2.05, 4.69) is 40.2 Å². The summed E-state index contributed by atoms with van der Waals surface area (Å²) < 4.78 is 31.3. The fourth-order valence-electron chi connectivity index (χ4n) is 2.72. The van der Waals surface area contributed by atoms with Crippen molar-refractivity contribution in [3.63, 3.8) is 0 Å². The van der Waals surface area contributed by atoms with Gasteiger partial charge in [-0.25, -0.2) is 13.4 Å². The van der Waals surface area contributed by atoms with E-state index in [4.69, 9.17) is 4.42 Å². The minimum atomic E-state index is -3.35. The molecule has 6 nitrogen and oxygen atoms in total. The second-order valence-corrected chi connectivity index (χ2v) is 8.18. The number of nitrogens with zero attached hydrogens (tertiary/aromatic N) is 1. The topological polar surface area (TPSA) is 84.2 Å². The number of aromatic nitrogens is 1. The Kier molecular flexibility index (Phi) is 5.51. The maximum atomic E-state index is 11.5. The Morgan fingerprint density at radius 3 is 2.85 bits per heavy atom. The Morgan fingerprint density at radius 2 is 2.11 bits per heavy atom. The highest BCUT2D eigenvalue weighted by Gasteiger charge is 2.11. The molecule has 0 aliphatic heterocycles. The number of aryl methyl sites for hydroxylation is 1. The quantitative estimate of drug-likeness (QED) is 0.748. The van der Waals surface area contributed by atoms with Crippen molar-refractivity contribution < 1.29 is 12.8 Å². The third kappa shape index (κ3) is 5.10. The van der Waals surface area contributed by atoms with Crippen LogP contribution in [0.1, 0.15) is 31.1 Å². The zero-order chi connectivity index (χ0) is 19.4. The number of benzene rings is 1. The van der Waals surface area contributed by atoms with E-state index < -0.39 is 10.0 Å². The number of allylic oxidation sites excluding steroid dienone is 6. The fraction of sp³-hybridized carbons (Fsp3) is 0.250. The average molecular weight is 385 g/mol. The first kappa shape index (κ1) is 19.0. The largest absolute Gasteiger partial charge is 0.423 e. The summed E-state index contributed by atoms with van der Waals surface area (Å²) in [5, 5.41) is 3.08. The summed E-state index contributed by atoms with van der Waals surface area (Å²) in [5.41, 5.74) is 4.26. The van der Waals surface area contributed by atoms with Crippen LogP contribution < -0.4 is 10.0 Å². The van der Waals surface area contributed by atoms with Crippen LogP contribution in [-0.2, 0) is 10.0 Å². The molecule has 2 N–H and O–H groups in total. The zero-order valence-corrected chi connectivity index (χ0v) is 16.4. The molecule has 0 saturated carbocycles. The first-order valence-electron chi connectivity index (χ1n) is 8.73. The summed E-state index contributed by atoms with van der Waals surface area (Å²) in [4.78, 5) is 4.28. The van der Waals surface area contributed by atoms with Crippen LogP contribution >= 0.6 is 0 Å². The average Bonchev–Trinajstić information content (AvgIpc) is 2.92. The highest BCUT2D eigenvalue weighted by molar-refractivity contribution is 7.92. The van der Waals surface area contributed by atoms with Gasteiger partial charge in [0.1, 0.15) is 0 Å². The number of hydrogen-bond donors (Lipinski definition) is 2. The van der Waals surface area contributed by atoms with Crippen LogP contribution in [0.15, 0.2) is 58.7 Å². The van der Waals surface area contributed by atoms with E-state index in [0.717, 1.165) is 30.2 Å². The van der Waals surface area contributed by atoms with Gasteiger partial charge in [-0.3, -0.25) is 4.72 Å². The molecular weight excluding hydrogens is 362 g/mol. The van der Waals surface area contributed by atoms with E-state index in [-0.39, 0.29) is 0 Å². The molecule has 1 aliphatic rings. The van der Waals surface area contributed by atoms with Gasteiger partial charge < -0.3 is 9.73 Å². The molecule has 142 valence electrons. The SMILES string of the molecule is CCC1=CCC=CC(c2cnc(Nc3ccc(C)c(NS(C)(=O)=O)c3)o2)=C1. The number of sulfonamides is 1.